The Bertz CT molecular complexity index is 1130. The number of primary amides is 1. The molecule has 1 fully saturated rings. The fourth-order valence-electron chi connectivity index (χ4n) is 5.51. The van der Waals surface area contributed by atoms with Gasteiger partial charge in [-0.1, -0.05) is 6.07 Å². The molecule has 0 radical (unpaired) electrons. The first-order valence-corrected chi connectivity index (χ1v) is 10.5. The highest BCUT2D eigenvalue weighted by Gasteiger charge is 2.59. The highest BCUT2D eigenvalue weighted by molar-refractivity contribution is 6.24. The Morgan fingerprint density at radius 2 is 1.84 bits per heavy atom. The number of phenolic OH excluding ortho intramolecular Hbond substituents is 1. The molecule has 0 heterocycles. The smallest absolute Gasteiger partial charge is 0.255 e. The van der Waals surface area contributed by atoms with Crippen LogP contribution < -0.4 is 5.73 Å². The molecule has 3 atom stereocenters. The lowest BCUT2D eigenvalue weighted by Crippen LogP contribution is -2.57. The number of benzene rings is 1. The summed E-state index contributed by atoms with van der Waals surface area (Å²) in [5.41, 5.74) is 3.61. The molecule has 6 N–H and O–H groups in total. The maximum atomic E-state index is 13.4. The molecular weight excluding hydrogens is 402 g/mol. The van der Waals surface area contributed by atoms with Gasteiger partial charge in [-0.15, -0.1) is 0 Å². The van der Waals surface area contributed by atoms with E-state index in [1.807, 2.05) is 6.07 Å². The lowest BCUT2D eigenvalue weighted by Gasteiger charge is -2.45. The highest BCUT2D eigenvalue weighted by atomic mass is 16.3. The quantitative estimate of drug-likeness (QED) is 0.459. The van der Waals surface area contributed by atoms with Crippen LogP contribution in [0.25, 0.3) is 0 Å². The zero-order chi connectivity index (χ0) is 22.2. The van der Waals surface area contributed by atoms with Crippen LogP contribution in [0.3, 0.4) is 0 Å². The van der Waals surface area contributed by atoms with E-state index in [1.165, 1.54) is 6.07 Å². The third kappa shape index (κ3) is 2.67. The van der Waals surface area contributed by atoms with Gasteiger partial charge in [-0.2, -0.15) is 0 Å². The monoisotopic (exact) mass is 425 g/mol. The minimum Gasteiger partial charge on any atom is -0.511 e. The second kappa shape index (κ2) is 6.43. The van der Waals surface area contributed by atoms with Crippen LogP contribution in [0.5, 0.6) is 5.75 Å². The number of rotatable bonds is 3. The lowest BCUT2D eigenvalue weighted by molar-refractivity contribution is -0.144. The summed E-state index contributed by atoms with van der Waals surface area (Å²) in [6.45, 7) is 0. The number of allylic oxidation sites excluding steroid dienone is 2. The van der Waals surface area contributed by atoms with Crippen molar-refractivity contribution in [2.75, 3.05) is 0 Å². The Hall–Kier alpha value is -3.13. The number of phenols is 1. The Morgan fingerprint density at radius 1 is 1.13 bits per heavy atom. The first-order chi connectivity index (χ1) is 14.6. The van der Waals surface area contributed by atoms with Gasteiger partial charge >= 0.3 is 0 Å². The molecule has 1 saturated carbocycles. The molecule has 1 aromatic rings. The topological polar surface area (TPSA) is 158 Å². The Labute approximate surface area is 177 Å². The number of ketones is 2. The molecule has 4 aliphatic carbocycles. The number of Topliss-reactive ketones (excluding diaryl/α,β-unsaturated/α-hetero) is 2. The number of hydrogen-bond donors (Lipinski definition) is 5. The molecule has 1 amide bonds. The molecular formula is C23H23NO7. The van der Waals surface area contributed by atoms with Gasteiger partial charge in [-0.25, -0.2) is 0 Å². The molecule has 0 spiro atoms. The maximum absolute atomic E-state index is 13.4. The fraction of sp³-hybridized carbons (Fsp3) is 0.435. The van der Waals surface area contributed by atoms with E-state index in [1.54, 1.807) is 0 Å². The average molecular weight is 425 g/mol. The summed E-state index contributed by atoms with van der Waals surface area (Å²) in [5.74, 6) is -5.41. The van der Waals surface area contributed by atoms with E-state index < -0.39 is 52.0 Å². The first-order valence-electron chi connectivity index (χ1n) is 10.5. The number of carbonyl (C=O) groups is 3. The molecule has 162 valence electrons. The summed E-state index contributed by atoms with van der Waals surface area (Å²) in [6, 6.07) is 3.29. The van der Waals surface area contributed by atoms with Crippen LogP contribution in [-0.2, 0) is 22.4 Å². The van der Waals surface area contributed by atoms with Gasteiger partial charge in [0.15, 0.2) is 11.4 Å². The van der Waals surface area contributed by atoms with E-state index in [2.05, 4.69) is 0 Å². The molecule has 0 saturated heterocycles. The zero-order valence-electron chi connectivity index (χ0n) is 16.7. The molecule has 0 aliphatic heterocycles. The molecule has 4 aliphatic rings. The molecule has 1 aromatic carbocycles. The Balaban J connectivity index is 1.65. The average Bonchev–Trinajstić information content (AvgIpc) is 3.50. The number of fused-ring (bicyclic) bond motifs is 3. The van der Waals surface area contributed by atoms with E-state index in [4.69, 9.17) is 5.73 Å². The molecule has 8 heteroatoms. The van der Waals surface area contributed by atoms with E-state index in [0.717, 1.165) is 30.4 Å². The summed E-state index contributed by atoms with van der Waals surface area (Å²) in [6.07, 6.45) is 3.37. The van der Waals surface area contributed by atoms with Gasteiger partial charge in [-0.05, 0) is 61.1 Å². The summed E-state index contributed by atoms with van der Waals surface area (Å²) in [4.78, 5) is 37.9. The van der Waals surface area contributed by atoms with Crippen LogP contribution in [0.2, 0.25) is 0 Å². The van der Waals surface area contributed by atoms with Crippen molar-refractivity contribution < 1.29 is 34.8 Å². The Kier molecular flexibility index (Phi) is 4.11. The minimum absolute atomic E-state index is 0.0924. The summed E-state index contributed by atoms with van der Waals surface area (Å²) < 4.78 is 0. The second-order valence-electron chi connectivity index (χ2n) is 9.16. The molecule has 8 nitrogen and oxygen atoms in total. The van der Waals surface area contributed by atoms with Gasteiger partial charge < -0.3 is 26.2 Å². The molecule has 31 heavy (non-hydrogen) atoms. The zero-order valence-corrected chi connectivity index (χ0v) is 16.7. The van der Waals surface area contributed by atoms with Gasteiger partial charge in [0.05, 0.1) is 5.56 Å². The predicted octanol–water partition coefficient (Wildman–Crippen LogP) is 1.53. The van der Waals surface area contributed by atoms with Crippen LogP contribution in [0.15, 0.2) is 34.8 Å². The van der Waals surface area contributed by atoms with Crippen molar-refractivity contribution in [2.45, 2.75) is 44.1 Å². The van der Waals surface area contributed by atoms with Crippen molar-refractivity contribution in [1.29, 1.82) is 0 Å². The number of aliphatic hydroxyl groups is 3. The third-order valence-electron chi connectivity index (χ3n) is 7.25. The fourth-order valence-corrected chi connectivity index (χ4v) is 5.51. The number of amides is 1. The lowest BCUT2D eigenvalue weighted by atomic mass is 9.60. The van der Waals surface area contributed by atoms with Crippen molar-refractivity contribution in [2.24, 2.45) is 23.5 Å². The van der Waals surface area contributed by atoms with E-state index >= 15 is 0 Å². The number of carbonyl (C=O) groups excluding carboxylic acids is 3. The largest absolute Gasteiger partial charge is 0.511 e. The maximum Gasteiger partial charge on any atom is 0.255 e. The second-order valence-corrected chi connectivity index (χ2v) is 9.16. The SMILES string of the molecule is NC(=O)C1=C(O)CC2CC3Cc4c(CC5CC5)ccc(O)c4C(=O)C3=C(O)[C@]2(O)C1=O. The van der Waals surface area contributed by atoms with Gasteiger partial charge in [0, 0.05) is 17.9 Å². The van der Waals surface area contributed by atoms with E-state index in [0.29, 0.717) is 12.3 Å². The van der Waals surface area contributed by atoms with Crippen LogP contribution in [0.1, 0.15) is 47.2 Å². The molecule has 0 bridgehead atoms. The first kappa shape index (κ1) is 19.8. The van der Waals surface area contributed by atoms with Crippen molar-refractivity contribution in [3.63, 3.8) is 0 Å². The van der Waals surface area contributed by atoms with Gasteiger partial charge in [0.2, 0.25) is 5.78 Å². The number of aliphatic hydroxyl groups excluding tert-OH is 2. The van der Waals surface area contributed by atoms with Crippen LogP contribution in [0, 0.1) is 17.8 Å². The number of nitrogens with two attached hydrogens (primary N) is 1. The summed E-state index contributed by atoms with van der Waals surface area (Å²) in [5, 5.41) is 42.8. The van der Waals surface area contributed by atoms with Crippen molar-refractivity contribution in [1.82, 2.24) is 0 Å². The molecule has 2 unspecified atom stereocenters. The van der Waals surface area contributed by atoms with Crippen LogP contribution >= 0.6 is 0 Å². The molecule has 0 aromatic heterocycles. The summed E-state index contributed by atoms with van der Waals surface area (Å²) >= 11 is 0. The Morgan fingerprint density at radius 3 is 2.48 bits per heavy atom. The van der Waals surface area contributed by atoms with Crippen molar-refractivity contribution in [3.05, 3.63) is 51.5 Å². The normalized spacial score (nSPS) is 30.1. The van der Waals surface area contributed by atoms with E-state index in [9.17, 15) is 34.8 Å². The summed E-state index contributed by atoms with van der Waals surface area (Å²) in [7, 11) is 0. The van der Waals surface area contributed by atoms with Gasteiger partial charge in [0.1, 0.15) is 22.8 Å². The number of hydrogen-bond acceptors (Lipinski definition) is 7. The predicted molar refractivity (Wildman–Crippen MR) is 107 cm³/mol. The standard InChI is InChI=1S/C23H23NO7/c24-22(30)18-15(26)8-12-6-11-7-13-10(5-9-1-2-9)3-4-14(25)17(13)19(27)16(11)20(28)23(12,31)21(18)29/h3-4,9,11-12,25-26,28,31H,1-2,5-8H2,(H2,24,30)/t11?,12?,23-/m0/s1. The highest BCUT2D eigenvalue weighted by Crippen LogP contribution is 2.52. The van der Waals surface area contributed by atoms with Gasteiger partial charge in [-0.3, -0.25) is 14.4 Å². The minimum atomic E-state index is -2.52. The number of aromatic hydroxyl groups is 1. The van der Waals surface area contributed by atoms with E-state index in [-0.39, 0.29) is 29.7 Å². The van der Waals surface area contributed by atoms with Crippen molar-refractivity contribution in [3.8, 4) is 5.75 Å². The van der Waals surface area contributed by atoms with Crippen LogP contribution in [-0.4, -0.2) is 43.5 Å². The van der Waals surface area contributed by atoms with Gasteiger partial charge in [0.25, 0.3) is 5.91 Å². The molecule has 5 rings (SSSR count). The third-order valence-corrected chi connectivity index (χ3v) is 7.25. The van der Waals surface area contributed by atoms with Crippen molar-refractivity contribution >= 4 is 17.5 Å². The van der Waals surface area contributed by atoms with Crippen LogP contribution in [0.4, 0.5) is 0 Å².